The minimum Gasteiger partial charge on any atom is -0.369 e. The summed E-state index contributed by atoms with van der Waals surface area (Å²) >= 11 is 6.65. The molecule has 1 amide bonds. The van der Waals surface area contributed by atoms with Gasteiger partial charge in [0, 0.05) is 42.9 Å². The van der Waals surface area contributed by atoms with E-state index in [1.165, 1.54) is 5.56 Å². The molecule has 0 unspecified atom stereocenters. The molecule has 3 heterocycles. The molecule has 1 aromatic heterocycles. The van der Waals surface area contributed by atoms with Crippen LogP contribution in [0.1, 0.15) is 64.1 Å². The third kappa shape index (κ3) is 4.64. The summed E-state index contributed by atoms with van der Waals surface area (Å²) in [5, 5.41) is 9.62. The first kappa shape index (κ1) is 24.1. The largest absolute Gasteiger partial charge is 0.369 e. The van der Waals surface area contributed by atoms with Crippen molar-refractivity contribution < 1.29 is 4.79 Å². The topological polar surface area (TPSA) is 76.0 Å². The molecular formula is C29H30ClN5O. The van der Waals surface area contributed by atoms with Gasteiger partial charge in [-0.3, -0.25) is 4.79 Å². The molecule has 3 aromatic rings. The van der Waals surface area contributed by atoms with Gasteiger partial charge >= 0.3 is 0 Å². The number of carbonyl (C=O) groups is 1. The number of carbonyl (C=O) groups excluding carboxylic acids is 1. The van der Waals surface area contributed by atoms with E-state index in [2.05, 4.69) is 22.5 Å². The lowest BCUT2D eigenvalue weighted by molar-refractivity contribution is 0.0712. The van der Waals surface area contributed by atoms with Gasteiger partial charge in [0.05, 0.1) is 34.6 Å². The van der Waals surface area contributed by atoms with Crippen LogP contribution in [0.25, 0.3) is 11.4 Å². The predicted octanol–water partition coefficient (Wildman–Crippen LogP) is 5.82. The number of piperidine rings is 1. The third-order valence-electron chi connectivity index (χ3n) is 7.46. The molecule has 2 aliphatic rings. The first-order chi connectivity index (χ1) is 17.3. The maximum Gasteiger partial charge on any atom is 0.254 e. The maximum absolute atomic E-state index is 13.6. The molecule has 7 heteroatoms. The number of fused-ring (bicyclic) bond motifs is 1. The van der Waals surface area contributed by atoms with Crippen molar-refractivity contribution in [1.82, 2.24) is 19.8 Å². The molecule has 1 N–H and O–H groups in total. The van der Waals surface area contributed by atoms with Gasteiger partial charge in [-0.15, -0.1) is 0 Å². The van der Waals surface area contributed by atoms with Crippen molar-refractivity contribution in [1.29, 1.82) is 5.26 Å². The van der Waals surface area contributed by atoms with Gasteiger partial charge < -0.3 is 14.8 Å². The SMILES string of the molecule is C=C(C)N1CCc2nc(-c3cc(C(=O)N4CCC(c5ccc(C#N)cc5)CC4)c(C)cc3Cl)[nH]c2C1. The molecule has 1 saturated heterocycles. The number of aromatic nitrogens is 2. The van der Waals surface area contributed by atoms with E-state index in [4.69, 9.17) is 21.8 Å². The number of nitrogens with zero attached hydrogens (tertiary/aromatic N) is 4. The Kier molecular flexibility index (Phi) is 6.59. The number of rotatable bonds is 4. The lowest BCUT2D eigenvalue weighted by atomic mass is 9.88. The van der Waals surface area contributed by atoms with Crippen LogP contribution in [0.15, 0.2) is 48.7 Å². The molecule has 184 valence electrons. The van der Waals surface area contributed by atoms with Gasteiger partial charge in [0.25, 0.3) is 5.91 Å². The monoisotopic (exact) mass is 499 g/mol. The first-order valence-corrected chi connectivity index (χ1v) is 12.8. The van der Waals surface area contributed by atoms with Crippen LogP contribution >= 0.6 is 11.6 Å². The van der Waals surface area contributed by atoms with Crippen molar-refractivity contribution in [2.24, 2.45) is 0 Å². The fourth-order valence-corrected chi connectivity index (χ4v) is 5.56. The number of imidazole rings is 1. The van der Waals surface area contributed by atoms with Gasteiger partial charge in [-0.2, -0.15) is 5.26 Å². The van der Waals surface area contributed by atoms with Gasteiger partial charge in [0.15, 0.2) is 0 Å². The zero-order valence-corrected chi connectivity index (χ0v) is 21.5. The number of nitriles is 1. The second kappa shape index (κ2) is 9.83. The van der Waals surface area contributed by atoms with E-state index in [0.29, 0.717) is 41.0 Å². The van der Waals surface area contributed by atoms with Crippen LogP contribution < -0.4 is 0 Å². The second-order valence-electron chi connectivity index (χ2n) is 9.86. The molecule has 0 atom stereocenters. The summed E-state index contributed by atoms with van der Waals surface area (Å²) in [6, 6.07) is 13.7. The fourth-order valence-electron chi connectivity index (χ4n) is 5.25. The third-order valence-corrected chi connectivity index (χ3v) is 7.78. The zero-order chi connectivity index (χ0) is 25.4. The van der Waals surface area contributed by atoms with Gasteiger partial charge in [-0.1, -0.05) is 30.3 Å². The molecule has 5 rings (SSSR count). The lowest BCUT2D eigenvalue weighted by Gasteiger charge is -2.32. The van der Waals surface area contributed by atoms with Gasteiger partial charge in [0.2, 0.25) is 0 Å². The van der Waals surface area contributed by atoms with Crippen LogP contribution in [0.2, 0.25) is 5.02 Å². The smallest absolute Gasteiger partial charge is 0.254 e. The Bertz CT molecular complexity index is 1360. The summed E-state index contributed by atoms with van der Waals surface area (Å²) < 4.78 is 0. The van der Waals surface area contributed by atoms with Gasteiger partial charge in [-0.05, 0) is 68.0 Å². The summed E-state index contributed by atoms with van der Waals surface area (Å²) in [7, 11) is 0. The average Bonchev–Trinajstić information content (AvgIpc) is 3.31. The molecule has 2 aromatic carbocycles. The van der Waals surface area contributed by atoms with Crippen molar-refractivity contribution in [3.8, 4) is 17.5 Å². The lowest BCUT2D eigenvalue weighted by Crippen LogP contribution is -2.38. The quantitative estimate of drug-likeness (QED) is 0.490. The van der Waals surface area contributed by atoms with E-state index in [0.717, 1.165) is 60.6 Å². The molecule has 0 aliphatic carbocycles. The van der Waals surface area contributed by atoms with Crippen molar-refractivity contribution in [3.05, 3.63) is 87.3 Å². The number of aromatic amines is 1. The number of H-pyrrole nitrogens is 1. The summed E-state index contributed by atoms with van der Waals surface area (Å²) in [4.78, 5) is 26.0. The Morgan fingerprint density at radius 3 is 2.56 bits per heavy atom. The Hall–Kier alpha value is -3.56. The highest BCUT2D eigenvalue weighted by Gasteiger charge is 2.27. The average molecular weight is 500 g/mol. The molecule has 0 radical (unpaired) electrons. The first-order valence-electron chi connectivity index (χ1n) is 12.4. The molecule has 6 nitrogen and oxygen atoms in total. The van der Waals surface area contributed by atoms with E-state index < -0.39 is 0 Å². The van der Waals surface area contributed by atoms with Crippen LogP contribution in [0.5, 0.6) is 0 Å². The normalized spacial score (nSPS) is 15.9. The fraction of sp³-hybridized carbons (Fsp3) is 0.345. The number of hydrogen-bond donors (Lipinski definition) is 1. The second-order valence-corrected chi connectivity index (χ2v) is 10.3. The predicted molar refractivity (Wildman–Crippen MR) is 142 cm³/mol. The zero-order valence-electron chi connectivity index (χ0n) is 20.8. The highest BCUT2D eigenvalue weighted by Crippen LogP contribution is 2.33. The molecule has 2 aliphatic heterocycles. The van der Waals surface area contributed by atoms with Crippen molar-refractivity contribution in [2.45, 2.75) is 45.6 Å². The van der Waals surface area contributed by atoms with Crippen molar-refractivity contribution in [3.63, 3.8) is 0 Å². The summed E-state index contributed by atoms with van der Waals surface area (Å²) in [6.45, 7) is 11.1. The standard InChI is InChI=1S/C29H30ClN5O/c1-18(2)35-13-10-26-27(17-35)33-28(32-26)24-15-23(19(3)14-25(24)30)29(36)34-11-8-22(9-12-34)21-6-4-20(16-31)5-7-21/h4-7,14-15,22H,1,8-13,17H2,2-3H3,(H,32,33). The highest BCUT2D eigenvalue weighted by molar-refractivity contribution is 6.33. The number of hydrogen-bond acceptors (Lipinski definition) is 4. The molecule has 1 fully saturated rings. The number of nitrogens with one attached hydrogen (secondary N) is 1. The number of benzene rings is 2. The molecule has 0 saturated carbocycles. The van der Waals surface area contributed by atoms with E-state index in [-0.39, 0.29) is 5.91 Å². The van der Waals surface area contributed by atoms with E-state index in [1.807, 2.05) is 55.1 Å². The van der Waals surface area contributed by atoms with Crippen LogP contribution in [-0.2, 0) is 13.0 Å². The molecular weight excluding hydrogens is 470 g/mol. The van der Waals surface area contributed by atoms with Gasteiger partial charge in [-0.25, -0.2) is 4.98 Å². The Morgan fingerprint density at radius 1 is 1.17 bits per heavy atom. The number of aryl methyl sites for hydroxylation is 1. The van der Waals surface area contributed by atoms with E-state index in [9.17, 15) is 4.79 Å². The minimum atomic E-state index is 0.0356. The number of allylic oxidation sites excluding steroid dienone is 1. The maximum atomic E-state index is 13.6. The molecule has 0 spiro atoms. The van der Waals surface area contributed by atoms with Gasteiger partial charge in [0.1, 0.15) is 5.82 Å². The summed E-state index contributed by atoms with van der Waals surface area (Å²) in [6.07, 6.45) is 2.66. The van der Waals surface area contributed by atoms with E-state index in [1.54, 1.807) is 0 Å². The van der Waals surface area contributed by atoms with Crippen LogP contribution in [-0.4, -0.2) is 45.3 Å². The minimum absolute atomic E-state index is 0.0356. The van der Waals surface area contributed by atoms with E-state index >= 15 is 0 Å². The van der Waals surface area contributed by atoms with Crippen LogP contribution in [0, 0.1) is 18.3 Å². The van der Waals surface area contributed by atoms with Crippen LogP contribution in [0.3, 0.4) is 0 Å². The highest BCUT2D eigenvalue weighted by atomic mass is 35.5. The van der Waals surface area contributed by atoms with Crippen LogP contribution in [0.4, 0.5) is 0 Å². The Morgan fingerprint density at radius 2 is 1.89 bits per heavy atom. The number of amides is 1. The number of likely N-dealkylation sites (tertiary alicyclic amines) is 1. The molecule has 0 bridgehead atoms. The number of halogens is 1. The molecule has 36 heavy (non-hydrogen) atoms. The van der Waals surface area contributed by atoms with Crippen molar-refractivity contribution >= 4 is 17.5 Å². The van der Waals surface area contributed by atoms with Crippen molar-refractivity contribution in [2.75, 3.05) is 19.6 Å². The Balaban J connectivity index is 1.34. The summed E-state index contributed by atoms with van der Waals surface area (Å²) in [5.74, 6) is 1.15. The Labute approximate surface area is 217 Å². The summed E-state index contributed by atoms with van der Waals surface area (Å²) in [5.41, 5.74) is 7.38.